The Hall–Kier alpha value is 0.480. The number of hydrogen-bond acceptors (Lipinski definition) is 4. The number of rotatable bonds is 7. The number of alkyl halides is 2. The van der Waals surface area contributed by atoms with Crippen LogP contribution in [0.2, 0.25) is 0 Å². The SMILES string of the molecule is CCS(=O)(=O)CCC(CCl)(CCl)C1CCS(=O)(=O)C1. The molecule has 4 nitrogen and oxygen atoms in total. The van der Waals surface area contributed by atoms with Gasteiger partial charge in [0.1, 0.15) is 9.84 Å². The van der Waals surface area contributed by atoms with Gasteiger partial charge in [-0.3, -0.25) is 0 Å². The topological polar surface area (TPSA) is 68.3 Å². The smallest absolute Gasteiger partial charge is 0.150 e. The Morgan fingerprint density at radius 3 is 2.21 bits per heavy atom. The van der Waals surface area contributed by atoms with Crippen LogP contribution < -0.4 is 0 Å². The summed E-state index contributed by atoms with van der Waals surface area (Å²) in [5.41, 5.74) is -0.602. The molecule has 114 valence electrons. The molecule has 8 heteroatoms. The minimum absolute atomic E-state index is 0.0134. The summed E-state index contributed by atoms with van der Waals surface area (Å²) in [5, 5.41) is 0. The van der Waals surface area contributed by atoms with Gasteiger partial charge < -0.3 is 0 Å². The maximum atomic E-state index is 11.6. The van der Waals surface area contributed by atoms with Crippen LogP contribution in [-0.4, -0.2) is 51.6 Å². The Balaban J connectivity index is 2.86. The average molecular weight is 351 g/mol. The molecule has 0 aromatic carbocycles. The van der Waals surface area contributed by atoms with Crippen molar-refractivity contribution in [2.24, 2.45) is 11.3 Å². The van der Waals surface area contributed by atoms with Crippen LogP contribution in [0, 0.1) is 11.3 Å². The molecule has 0 bridgehead atoms. The summed E-state index contributed by atoms with van der Waals surface area (Å²) in [6.45, 7) is 1.60. The standard InChI is InChI=1S/C11H20Cl2O4S2/c1-2-18(14,15)6-4-11(8-12,9-13)10-3-5-19(16,17)7-10/h10H,2-9H2,1H3. The van der Waals surface area contributed by atoms with E-state index in [1.54, 1.807) is 6.92 Å². The Morgan fingerprint density at radius 2 is 1.84 bits per heavy atom. The normalized spacial score (nSPS) is 23.6. The van der Waals surface area contributed by atoms with E-state index < -0.39 is 25.1 Å². The Labute approximate surface area is 125 Å². The van der Waals surface area contributed by atoms with Crippen molar-refractivity contribution in [3.63, 3.8) is 0 Å². The molecule has 0 spiro atoms. The molecule has 1 unspecified atom stereocenters. The molecular formula is C11H20Cl2O4S2. The fourth-order valence-electron chi connectivity index (χ4n) is 2.37. The van der Waals surface area contributed by atoms with Gasteiger partial charge in [-0.15, -0.1) is 23.2 Å². The maximum absolute atomic E-state index is 11.6. The molecule has 0 aromatic heterocycles. The highest BCUT2D eigenvalue weighted by Crippen LogP contribution is 2.41. The predicted molar refractivity (Wildman–Crippen MR) is 79.6 cm³/mol. The van der Waals surface area contributed by atoms with Crippen molar-refractivity contribution in [3.8, 4) is 0 Å². The lowest BCUT2D eigenvalue weighted by Crippen LogP contribution is -2.37. The molecule has 0 amide bonds. The third-order valence-corrected chi connectivity index (χ3v) is 8.52. The van der Waals surface area contributed by atoms with E-state index in [-0.39, 0.29) is 40.7 Å². The van der Waals surface area contributed by atoms with E-state index in [1.807, 2.05) is 0 Å². The highest BCUT2D eigenvalue weighted by molar-refractivity contribution is 7.91. The van der Waals surface area contributed by atoms with Crippen molar-refractivity contribution < 1.29 is 16.8 Å². The molecule has 1 atom stereocenters. The monoisotopic (exact) mass is 350 g/mol. The molecule has 1 heterocycles. The number of sulfone groups is 2. The highest BCUT2D eigenvalue weighted by atomic mass is 35.5. The van der Waals surface area contributed by atoms with Crippen molar-refractivity contribution in [1.29, 1.82) is 0 Å². The van der Waals surface area contributed by atoms with Crippen LogP contribution in [0.1, 0.15) is 19.8 Å². The zero-order chi connectivity index (χ0) is 14.7. The van der Waals surface area contributed by atoms with Gasteiger partial charge in [0.15, 0.2) is 9.84 Å². The highest BCUT2D eigenvalue weighted by Gasteiger charge is 2.44. The molecule has 0 aromatic rings. The Morgan fingerprint density at radius 1 is 1.26 bits per heavy atom. The average Bonchev–Trinajstić information content (AvgIpc) is 2.72. The van der Waals surface area contributed by atoms with Gasteiger partial charge in [0.25, 0.3) is 0 Å². The lowest BCUT2D eigenvalue weighted by Gasteiger charge is -2.35. The molecule has 1 fully saturated rings. The lowest BCUT2D eigenvalue weighted by atomic mass is 9.76. The maximum Gasteiger partial charge on any atom is 0.150 e. The molecule has 19 heavy (non-hydrogen) atoms. The van der Waals surface area contributed by atoms with Gasteiger partial charge in [-0.05, 0) is 18.8 Å². The lowest BCUT2D eigenvalue weighted by molar-refractivity contribution is 0.238. The van der Waals surface area contributed by atoms with Crippen molar-refractivity contribution in [3.05, 3.63) is 0 Å². The zero-order valence-corrected chi connectivity index (χ0v) is 14.1. The predicted octanol–water partition coefficient (Wildman–Crippen LogP) is 1.71. The molecule has 1 rings (SSSR count). The molecular weight excluding hydrogens is 331 g/mol. The third-order valence-electron chi connectivity index (χ3n) is 3.98. The van der Waals surface area contributed by atoms with Crippen LogP contribution >= 0.6 is 23.2 Å². The van der Waals surface area contributed by atoms with Gasteiger partial charge in [-0.1, -0.05) is 6.92 Å². The van der Waals surface area contributed by atoms with Crippen LogP contribution in [0.3, 0.4) is 0 Å². The summed E-state index contributed by atoms with van der Waals surface area (Å²) in [6.07, 6.45) is 0.851. The summed E-state index contributed by atoms with van der Waals surface area (Å²) in [6, 6.07) is 0. The summed E-state index contributed by atoms with van der Waals surface area (Å²) in [4.78, 5) is 0. The molecule has 0 radical (unpaired) electrons. The largest absolute Gasteiger partial charge is 0.229 e. The minimum Gasteiger partial charge on any atom is -0.229 e. The molecule has 0 saturated carbocycles. The van der Waals surface area contributed by atoms with Crippen molar-refractivity contribution in [2.45, 2.75) is 19.8 Å². The summed E-state index contributed by atoms with van der Waals surface area (Å²) < 4.78 is 46.4. The van der Waals surface area contributed by atoms with Gasteiger partial charge in [-0.25, -0.2) is 16.8 Å². The second kappa shape index (κ2) is 6.50. The van der Waals surface area contributed by atoms with Crippen molar-refractivity contribution in [2.75, 3.05) is 34.8 Å². The number of hydrogen-bond donors (Lipinski definition) is 0. The van der Waals surface area contributed by atoms with Crippen LogP contribution in [-0.2, 0) is 19.7 Å². The minimum atomic E-state index is -3.10. The van der Waals surface area contributed by atoms with Gasteiger partial charge >= 0.3 is 0 Å². The van der Waals surface area contributed by atoms with E-state index >= 15 is 0 Å². The van der Waals surface area contributed by atoms with E-state index in [9.17, 15) is 16.8 Å². The van der Waals surface area contributed by atoms with Crippen LogP contribution in [0.4, 0.5) is 0 Å². The van der Waals surface area contributed by atoms with Crippen molar-refractivity contribution in [1.82, 2.24) is 0 Å². The third kappa shape index (κ3) is 4.48. The van der Waals surface area contributed by atoms with Gasteiger partial charge in [0, 0.05) is 22.9 Å². The van der Waals surface area contributed by atoms with E-state index in [0.29, 0.717) is 12.8 Å². The van der Waals surface area contributed by atoms with Gasteiger partial charge in [-0.2, -0.15) is 0 Å². The summed E-state index contributed by atoms with van der Waals surface area (Å²) in [5.74, 6) is 0.549. The van der Waals surface area contributed by atoms with Crippen molar-refractivity contribution >= 4 is 42.9 Å². The van der Waals surface area contributed by atoms with E-state index in [0.717, 1.165) is 0 Å². The summed E-state index contributed by atoms with van der Waals surface area (Å²) >= 11 is 12.0. The van der Waals surface area contributed by atoms with Crippen LogP contribution in [0.25, 0.3) is 0 Å². The van der Waals surface area contributed by atoms with E-state index in [2.05, 4.69) is 0 Å². The van der Waals surface area contributed by atoms with E-state index in [1.165, 1.54) is 0 Å². The van der Waals surface area contributed by atoms with E-state index in [4.69, 9.17) is 23.2 Å². The number of halogens is 2. The molecule has 1 saturated heterocycles. The first kappa shape index (κ1) is 17.5. The molecule has 1 aliphatic rings. The first-order chi connectivity index (χ1) is 8.70. The Kier molecular flexibility index (Phi) is 6.00. The van der Waals surface area contributed by atoms with Crippen LogP contribution in [0.15, 0.2) is 0 Å². The molecule has 1 aliphatic heterocycles. The molecule has 0 aliphatic carbocycles. The second-order valence-electron chi connectivity index (χ2n) is 5.22. The second-order valence-corrected chi connectivity index (χ2v) is 10.5. The first-order valence-corrected chi connectivity index (χ1v) is 10.9. The fraction of sp³-hybridized carbons (Fsp3) is 1.00. The van der Waals surface area contributed by atoms with Crippen LogP contribution in [0.5, 0.6) is 0 Å². The zero-order valence-electron chi connectivity index (χ0n) is 10.9. The fourth-order valence-corrected chi connectivity index (χ4v) is 6.31. The van der Waals surface area contributed by atoms with Gasteiger partial charge in [0.05, 0.1) is 17.3 Å². The summed E-state index contributed by atoms with van der Waals surface area (Å²) in [7, 11) is -6.12. The van der Waals surface area contributed by atoms with Gasteiger partial charge in [0.2, 0.25) is 0 Å². The first-order valence-electron chi connectivity index (χ1n) is 6.23. The molecule has 0 N–H and O–H groups in total. The quantitative estimate of drug-likeness (QED) is 0.655. The Bertz CT molecular complexity index is 495.